The Morgan fingerprint density at radius 2 is 1.19 bits per heavy atom. The monoisotopic (exact) mass is 429 g/mol. The Labute approximate surface area is 193 Å². The number of halogens is 1. The number of benzene rings is 2. The van der Waals surface area contributed by atoms with Crippen LogP contribution in [0.25, 0.3) is 0 Å². The summed E-state index contributed by atoms with van der Waals surface area (Å²) < 4.78 is 0. The van der Waals surface area contributed by atoms with E-state index in [-0.39, 0.29) is 23.2 Å². The molecule has 1 nitrogen and oxygen atoms in total. The predicted molar refractivity (Wildman–Crippen MR) is 136 cm³/mol. The molecule has 0 radical (unpaired) electrons. The highest BCUT2D eigenvalue weighted by Gasteiger charge is 2.45. The van der Waals surface area contributed by atoms with E-state index >= 15 is 0 Å². The van der Waals surface area contributed by atoms with E-state index in [4.69, 9.17) is 0 Å². The number of nitrogens with zero attached hydrogens (tertiary/aromatic N) is 1. The summed E-state index contributed by atoms with van der Waals surface area (Å²) in [6.45, 7) is 0.910. The van der Waals surface area contributed by atoms with E-state index in [9.17, 15) is 0 Å². The summed E-state index contributed by atoms with van der Waals surface area (Å²) in [7, 11) is 4.29. The van der Waals surface area contributed by atoms with Gasteiger partial charge in [-0.2, -0.15) is 0 Å². The Hall–Kier alpha value is -2.61. The summed E-state index contributed by atoms with van der Waals surface area (Å²) in [5.41, 5.74) is 3.83. The van der Waals surface area contributed by atoms with Gasteiger partial charge in [-0.05, 0) is 43.6 Å². The summed E-state index contributed by atoms with van der Waals surface area (Å²) >= 11 is 0. The van der Waals surface area contributed by atoms with Crippen molar-refractivity contribution in [2.24, 2.45) is 0 Å². The van der Waals surface area contributed by atoms with E-state index < -0.39 is 0 Å². The first kappa shape index (κ1) is 23.1. The van der Waals surface area contributed by atoms with E-state index in [0.29, 0.717) is 0 Å². The Morgan fingerprint density at radius 3 is 1.55 bits per heavy atom. The maximum absolute atomic E-state index is 2.48. The topological polar surface area (TPSA) is 3.24 Å². The molecule has 0 fully saturated rings. The van der Waals surface area contributed by atoms with Gasteiger partial charge in [0.15, 0.2) is 0 Å². The van der Waals surface area contributed by atoms with Crippen LogP contribution in [0, 0.1) is 0 Å². The van der Waals surface area contributed by atoms with Gasteiger partial charge >= 0.3 is 0 Å². The van der Waals surface area contributed by atoms with Crippen molar-refractivity contribution in [1.82, 2.24) is 4.90 Å². The van der Waals surface area contributed by atoms with Gasteiger partial charge in [0.25, 0.3) is 0 Å². The molecule has 4 rings (SSSR count). The number of likely N-dealkylation sites (N-methyl/N-ethyl adjacent to an activating group) is 1. The second-order valence-corrected chi connectivity index (χ2v) is 8.54. The molecule has 0 heterocycles. The van der Waals surface area contributed by atoms with Crippen LogP contribution in [0.3, 0.4) is 0 Å². The molecular weight excluding hydrogens is 398 g/mol. The molecule has 2 unspecified atom stereocenters. The minimum absolute atomic E-state index is 0. The number of hydrogen-bond acceptors (Lipinski definition) is 1. The highest BCUT2D eigenvalue weighted by molar-refractivity contribution is 5.85. The molecule has 2 heteroatoms. The van der Waals surface area contributed by atoms with Gasteiger partial charge in [0.2, 0.25) is 0 Å². The molecule has 2 aromatic carbocycles. The molecule has 160 valence electrons. The van der Waals surface area contributed by atoms with Crippen LogP contribution in [0.1, 0.15) is 24.0 Å². The van der Waals surface area contributed by atoms with Gasteiger partial charge in [-0.1, -0.05) is 115 Å². The van der Waals surface area contributed by atoms with Crippen molar-refractivity contribution in [2.75, 3.05) is 20.6 Å². The summed E-state index contributed by atoms with van der Waals surface area (Å²) in [5.74, 6) is 0. The first-order valence-electron chi connectivity index (χ1n) is 10.8. The van der Waals surface area contributed by atoms with Crippen molar-refractivity contribution < 1.29 is 0 Å². The van der Waals surface area contributed by atoms with Crippen LogP contribution in [0.2, 0.25) is 0 Å². The Balaban J connectivity index is 0.00000272. The lowest BCUT2D eigenvalue weighted by atomic mass is 9.57. The maximum atomic E-state index is 2.48. The van der Waals surface area contributed by atoms with Crippen molar-refractivity contribution in [3.63, 3.8) is 0 Å². The fraction of sp³-hybridized carbons (Fsp3) is 0.241. The van der Waals surface area contributed by atoms with Crippen molar-refractivity contribution in [1.29, 1.82) is 0 Å². The SMILES string of the molecule is CN(C)CC=C(C1(c2ccccc2)C=CC=CC1)C1(c2ccccc2)C=CC=CC1.Cl. The zero-order chi connectivity index (χ0) is 20.9. The highest BCUT2D eigenvalue weighted by atomic mass is 35.5. The molecule has 31 heavy (non-hydrogen) atoms. The van der Waals surface area contributed by atoms with Crippen molar-refractivity contribution in [2.45, 2.75) is 23.7 Å². The second kappa shape index (κ2) is 10.1. The summed E-state index contributed by atoms with van der Waals surface area (Å²) in [6.07, 6.45) is 22.7. The van der Waals surface area contributed by atoms with E-state index in [1.807, 2.05) is 0 Å². The maximum Gasteiger partial charge on any atom is 0.0391 e. The molecule has 0 amide bonds. The standard InChI is InChI=1S/C29H31N.ClH/c1-30(2)24-19-27(28(20-11-5-12-21-28)25-15-7-3-8-16-25)29(22-13-6-14-23-29)26-17-9-4-10-18-26;/h3-20,22H,21,23-24H2,1-2H3;1H. The van der Waals surface area contributed by atoms with Gasteiger partial charge in [-0.15, -0.1) is 12.4 Å². The second-order valence-electron chi connectivity index (χ2n) is 8.54. The minimum atomic E-state index is -0.169. The fourth-order valence-corrected chi connectivity index (χ4v) is 4.89. The average molecular weight is 430 g/mol. The summed E-state index contributed by atoms with van der Waals surface area (Å²) in [5, 5.41) is 0. The molecule has 2 aromatic rings. The lowest BCUT2D eigenvalue weighted by Gasteiger charge is -2.46. The fourth-order valence-electron chi connectivity index (χ4n) is 4.89. The number of rotatable bonds is 6. The minimum Gasteiger partial charge on any atom is -0.306 e. The van der Waals surface area contributed by atoms with Crippen molar-refractivity contribution >= 4 is 12.4 Å². The van der Waals surface area contributed by atoms with E-state index in [1.54, 1.807) is 0 Å². The largest absolute Gasteiger partial charge is 0.306 e. The Kier molecular flexibility index (Phi) is 7.54. The van der Waals surface area contributed by atoms with Crippen LogP contribution in [0.5, 0.6) is 0 Å². The molecule has 0 bridgehead atoms. The average Bonchev–Trinajstić information content (AvgIpc) is 2.81. The zero-order valence-corrected chi connectivity index (χ0v) is 19.3. The van der Waals surface area contributed by atoms with Crippen LogP contribution < -0.4 is 0 Å². The third-order valence-corrected chi connectivity index (χ3v) is 6.34. The van der Waals surface area contributed by atoms with Gasteiger partial charge in [-0.25, -0.2) is 0 Å². The molecule has 2 atom stereocenters. The molecule has 2 aliphatic carbocycles. The van der Waals surface area contributed by atoms with Crippen molar-refractivity contribution in [3.8, 4) is 0 Å². The van der Waals surface area contributed by atoms with E-state index in [2.05, 4.69) is 134 Å². The third kappa shape index (κ3) is 4.54. The highest BCUT2D eigenvalue weighted by Crippen LogP contribution is 2.51. The molecule has 0 spiro atoms. The van der Waals surface area contributed by atoms with Crippen molar-refractivity contribution in [3.05, 3.63) is 132 Å². The molecular formula is C29H32ClN. The molecule has 0 N–H and O–H groups in total. The van der Waals surface area contributed by atoms with Gasteiger partial charge in [0.1, 0.15) is 0 Å². The van der Waals surface area contributed by atoms with Crippen LogP contribution in [-0.4, -0.2) is 25.5 Å². The normalized spacial score (nSPS) is 24.1. The smallest absolute Gasteiger partial charge is 0.0391 e. The van der Waals surface area contributed by atoms with Gasteiger partial charge in [0, 0.05) is 17.4 Å². The zero-order valence-electron chi connectivity index (χ0n) is 18.4. The lowest BCUT2D eigenvalue weighted by molar-refractivity contribution is 0.440. The van der Waals surface area contributed by atoms with Gasteiger partial charge < -0.3 is 4.90 Å². The molecule has 0 aromatic heterocycles. The quantitative estimate of drug-likeness (QED) is 0.456. The molecule has 0 saturated heterocycles. The van der Waals surface area contributed by atoms with Crippen LogP contribution in [-0.2, 0) is 10.8 Å². The summed E-state index contributed by atoms with van der Waals surface area (Å²) in [4.78, 5) is 2.25. The van der Waals surface area contributed by atoms with Crippen LogP contribution in [0.15, 0.2) is 121 Å². The van der Waals surface area contributed by atoms with E-state index in [1.165, 1.54) is 16.7 Å². The number of hydrogen-bond donors (Lipinski definition) is 0. The molecule has 0 aliphatic heterocycles. The summed E-state index contributed by atoms with van der Waals surface area (Å²) in [6, 6.07) is 22.0. The van der Waals surface area contributed by atoms with E-state index in [0.717, 1.165) is 19.4 Å². The Bertz CT molecular complexity index is 922. The molecule has 0 saturated carbocycles. The molecule has 2 aliphatic rings. The van der Waals surface area contributed by atoms with Crippen LogP contribution in [0.4, 0.5) is 0 Å². The lowest BCUT2D eigenvalue weighted by Crippen LogP contribution is -2.40. The predicted octanol–water partition coefficient (Wildman–Crippen LogP) is 6.80. The van der Waals surface area contributed by atoms with Gasteiger partial charge in [0.05, 0.1) is 0 Å². The van der Waals surface area contributed by atoms with Crippen LogP contribution >= 0.6 is 12.4 Å². The number of allylic oxidation sites excluding steroid dienone is 9. The third-order valence-electron chi connectivity index (χ3n) is 6.34. The van der Waals surface area contributed by atoms with Gasteiger partial charge in [-0.3, -0.25) is 0 Å². The first-order chi connectivity index (χ1) is 14.7. The Morgan fingerprint density at radius 1 is 0.742 bits per heavy atom. The first-order valence-corrected chi connectivity index (χ1v) is 10.8.